The lowest BCUT2D eigenvalue weighted by molar-refractivity contribution is 0.311. The quantitative estimate of drug-likeness (QED) is 0.597. The van der Waals surface area contributed by atoms with Gasteiger partial charge in [0.2, 0.25) is 0 Å². The molecule has 6 heteroatoms. The van der Waals surface area contributed by atoms with Crippen LogP contribution in [0.4, 0.5) is 5.69 Å². The molecule has 0 aliphatic rings. The van der Waals surface area contributed by atoms with Gasteiger partial charge in [-0.3, -0.25) is 4.99 Å². The zero-order valence-electron chi connectivity index (χ0n) is 15.1. The molecule has 0 aliphatic heterocycles. The molecule has 0 spiro atoms. The van der Waals surface area contributed by atoms with E-state index in [-0.39, 0.29) is 0 Å². The number of ether oxygens (including phenoxy) is 3. The van der Waals surface area contributed by atoms with Crippen molar-refractivity contribution in [3.63, 3.8) is 0 Å². The van der Waals surface area contributed by atoms with Crippen LogP contribution >= 0.6 is 0 Å². The van der Waals surface area contributed by atoms with E-state index in [1.54, 1.807) is 21.3 Å². The Kier molecular flexibility index (Phi) is 6.95. The minimum absolute atomic E-state index is 0.570. The fourth-order valence-corrected chi connectivity index (χ4v) is 2.37. The van der Waals surface area contributed by atoms with Crippen molar-refractivity contribution in [1.82, 2.24) is 5.32 Å². The number of guanidine groups is 1. The second-order valence-corrected chi connectivity index (χ2v) is 5.16. The van der Waals surface area contributed by atoms with Crippen molar-refractivity contribution in [2.24, 2.45) is 4.99 Å². The lowest BCUT2D eigenvalue weighted by Crippen LogP contribution is -2.30. The Bertz CT molecular complexity index is 717. The molecule has 2 aromatic rings. The van der Waals surface area contributed by atoms with E-state index in [1.165, 1.54) is 0 Å². The molecule has 0 radical (unpaired) electrons. The Balaban J connectivity index is 2.06. The molecule has 25 heavy (non-hydrogen) atoms. The van der Waals surface area contributed by atoms with Crippen molar-refractivity contribution in [2.75, 3.05) is 33.2 Å². The van der Waals surface area contributed by atoms with Crippen molar-refractivity contribution in [2.45, 2.75) is 13.5 Å². The average Bonchev–Trinajstić information content (AvgIpc) is 2.65. The van der Waals surface area contributed by atoms with Gasteiger partial charge in [0.1, 0.15) is 5.75 Å². The summed E-state index contributed by atoms with van der Waals surface area (Å²) in [7, 11) is 5.02. The summed E-state index contributed by atoms with van der Waals surface area (Å²) in [5.74, 6) is 2.88. The molecule has 0 bridgehead atoms. The molecular formula is C19H25N3O3. The molecule has 0 heterocycles. The third-order valence-corrected chi connectivity index (χ3v) is 3.59. The topological polar surface area (TPSA) is 64.1 Å². The second-order valence-electron chi connectivity index (χ2n) is 5.16. The van der Waals surface area contributed by atoms with E-state index in [4.69, 9.17) is 14.2 Å². The standard InChI is InChI=1S/C19H25N3O3/c1-5-25-18-12-15(10-11-17(18)24-4)22-19(20-2)21-13-14-8-6-7-9-16(14)23-3/h6-12H,5,13H2,1-4H3,(H2,20,21,22). The van der Waals surface area contributed by atoms with Gasteiger partial charge in [0.15, 0.2) is 17.5 Å². The largest absolute Gasteiger partial charge is 0.496 e. The molecule has 2 N–H and O–H groups in total. The molecule has 2 rings (SSSR count). The van der Waals surface area contributed by atoms with E-state index in [0.29, 0.717) is 30.6 Å². The van der Waals surface area contributed by atoms with Crippen LogP contribution in [0.5, 0.6) is 17.2 Å². The first kappa shape index (κ1) is 18.4. The fourth-order valence-electron chi connectivity index (χ4n) is 2.37. The molecule has 0 fully saturated rings. The molecular weight excluding hydrogens is 318 g/mol. The van der Waals surface area contributed by atoms with Gasteiger partial charge in [-0.05, 0) is 25.1 Å². The summed E-state index contributed by atoms with van der Waals surface area (Å²) in [6.07, 6.45) is 0. The van der Waals surface area contributed by atoms with Gasteiger partial charge < -0.3 is 24.8 Å². The molecule has 0 unspecified atom stereocenters. The molecule has 134 valence electrons. The number of anilines is 1. The van der Waals surface area contributed by atoms with E-state index in [1.807, 2.05) is 49.4 Å². The molecule has 0 atom stereocenters. The van der Waals surface area contributed by atoms with Crippen LogP contribution in [0.3, 0.4) is 0 Å². The smallest absolute Gasteiger partial charge is 0.195 e. The number of methoxy groups -OCH3 is 2. The van der Waals surface area contributed by atoms with Gasteiger partial charge in [0.25, 0.3) is 0 Å². The maximum atomic E-state index is 5.60. The Morgan fingerprint density at radius 1 is 1.00 bits per heavy atom. The normalized spacial score (nSPS) is 11.0. The van der Waals surface area contributed by atoms with Crippen LogP contribution in [0.2, 0.25) is 0 Å². The van der Waals surface area contributed by atoms with E-state index in [2.05, 4.69) is 15.6 Å². The minimum atomic E-state index is 0.570. The second kappa shape index (κ2) is 9.42. The van der Waals surface area contributed by atoms with Gasteiger partial charge >= 0.3 is 0 Å². The number of hydrogen-bond acceptors (Lipinski definition) is 4. The summed E-state index contributed by atoms with van der Waals surface area (Å²) in [5, 5.41) is 6.52. The van der Waals surface area contributed by atoms with Gasteiger partial charge in [-0.15, -0.1) is 0 Å². The van der Waals surface area contributed by atoms with Crippen LogP contribution in [0.15, 0.2) is 47.5 Å². The maximum Gasteiger partial charge on any atom is 0.195 e. The van der Waals surface area contributed by atoms with Crippen molar-refractivity contribution in [3.05, 3.63) is 48.0 Å². The maximum absolute atomic E-state index is 5.60. The number of para-hydroxylation sites is 1. The molecule has 0 aliphatic carbocycles. The van der Waals surface area contributed by atoms with Crippen LogP contribution in [0.25, 0.3) is 0 Å². The Hall–Kier alpha value is -2.89. The third-order valence-electron chi connectivity index (χ3n) is 3.59. The Morgan fingerprint density at radius 2 is 1.76 bits per heavy atom. The molecule has 2 aromatic carbocycles. The Morgan fingerprint density at radius 3 is 2.44 bits per heavy atom. The van der Waals surface area contributed by atoms with Gasteiger partial charge in [0.05, 0.1) is 20.8 Å². The summed E-state index contributed by atoms with van der Waals surface area (Å²) >= 11 is 0. The number of hydrogen-bond donors (Lipinski definition) is 2. The summed E-state index contributed by atoms with van der Waals surface area (Å²) in [5.41, 5.74) is 1.91. The molecule has 6 nitrogen and oxygen atoms in total. The highest BCUT2D eigenvalue weighted by Gasteiger charge is 2.08. The third kappa shape index (κ3) is 5.04. The number of aliphatic imine (C=N–C) groups is 1. The zero-order chi connectivity index (χ0) is 18.1. The summed E-state index contributed by atoms with van der Waals surface area (Å²) in [4.78, 5) is 4.25. The molecule has 0 aromatic heterocycles. The highest BCUT2D eigenvalue weighted by atomic mass is 16.5. The SMILES string of the molecule is CCOc1cc(NC(=NC)NCc2ccccc2OC)ccc1OC. The monoisotopic (exact) mass is 343 g/mol. The fraction of sp³-hybridized carbons (Fsp3) is 0.316. The molecule has 0 saturated carbocycles. The van der Waals surface area contributed by atoms with Crippen molar-refractivity contribution in [1.29, 1.82) is 0 Å². The van der Waals surface area contributed by atoms with Crippen molar-refractivity contribution < 1.29 is 14.2 Å². The van der Waals surface area contributed by atoms with Gasteiger partial charge in [-0.1, -0.05) is 18.2 Å². The number of nitrogens with zero attached hydrogens (tertiary/aromatic N) is 1. The van der Waals surface area contributed by atoms with E-state index >= 15 is 0 Å². The van der Waals surface area contributed by atoms with Gasteiger partial charge in [-0.2, -0.15) is 0 Å². The summed E-state index contributed by atoms with van der Waals surface area (Å²) < 4.78 is 16.3. The minimum Gasteiger partial charge on any atom is -0.496 e. The lowest BCUT2D eigenvalue weighted by atomic mass is 10.2. The van der Waals surface area contributed by atoms with Crippen molar-refractivity contribution in [3.8, 4) is 17.2 Å². The van der Waals surface area contributed by atoms with Gasteiger partial charge in [-0.25, -0.2) is 0 Å². The average molecular weight is 343 g/mol. The van der Waals surface area contributed by atoms with Gasteiger partial charge in [0, 0.05) is 30.9 Å². The first-order chi connectivity index (χ1) is 12.2. The highest BCUT2D eigenvalue weighted by Crippen LogP contribution is 2.30. The van der Waals surface area contributed by atoms with Crippen LogP contribution < -0.4 is 24.8 Å². The zero-order valence-corrected chi connectivity index (χ0v) is 15.1. The van der Waals surface area contributed by atoms with Crippen LogP contribution in [0.1, 0.15) is 12.5 Å². The van der Waals surface area contributed by atoms with E-state index < -0.39 is 0 Å². The summed E-state index contributed by atoms with van der Waals surface area (Å²) in [6, 6.07) is 13.5. The lowest BCUT2D eigenvalue weighted by Gasteiger charge is -2.15. The Labute approximate surface area is 148 Å². The number of rotatable bonds is 7. The number of benzene rings is 2. The van der Waals surface area contributed by atoms with Crippen LogP contribution in [-0.4, -0.2) is 33.8 Å². The van der Waals surface area contributed by atoms with Crippen LogP contribution in [0, 0.1) is 0 Å². The molecule has 0 amide bonds. The van der Waals surface area contributed by atoms with Crippen molar-refractivity contribution >= 4 is 11.6 Å². The van der Waals surface area contributed by atoms with E-state index in [0.717, 1.165) is 17.0 Å². The van der Waals surface area contributed by atoms with E-state index in [9.17, 15) is 0 Å². The highest BCUT2D eigenvalue weighted by molar-refractivity contribution is 5.93. The number of nitrogens with one attached hydrogen (secondary N) is 2. The summed E-state index contributed by atoms with van der Waals surface area (Å²) in [6.45, 7) is 3.10. The predicted octanol–water partition coefficient (Wildman–Crippen LogP) is 3.29. The van der Waals surface area contributed by atoms with Crippen LogP contribution in [-0.2, 0) is 6.54 Å². The predicted molar refractivity (Wildman–Crippen MR) is 101 cm³/mol. The molecule has 0 saturated heterocycles. The first-order valence-electron chi connectivity index (χ1n) is 8.12. The first-order valence-corrected chi connectivity index (χ1v) is 8.12.